The molecule has 0 fully saturated rings. The van der Waals surface area contributed by atoms with Crippen molar-refractivity contribution in [3.8, 4) is 0 Å². The van der Waals surface area contributed by atoms with Gasteiger partial charge in [-0.15, -0.1) is 0 Å². The van der Waals surface area contributed by atoms with Crippen molar-refractivity contribution in [2.24, 2.45) is 5.92 Å². The first kappa shape index (κ1) is 9.37. The summed E-state index contributed by atoms with van der Waals surface area (Å²) in [6.07, 6.45) is 1.89. The third-order valence-electron chi connectivity index (χ3n) is 1.23. The lowest BCUT2D eigenvalue weighted by atomic mass is 10.1. The Labute approximate surface area is 61.9 Å². The minimum Gasteiger partial charge on any atom is -0.384 e. The van der Waals surface area contributed by atoms with Crippen molar-refractivity contribution in [2.45, 2.75) is 13.3 Å². The van der Waals surface area contributed by atoms with Crippen LogP contribution in [0, 0.1) is 5.92 Å². The molecule has 0 aromatic rings. The maximum absolute atomic E-state index is 10.7. The van der Waals surface area contributed by atoms with Crippen LogP contribution in [-0.2, 0) is 9.53 Å². The molecule has 2 nitrogen and oxygen atoms in total. The van der Waals surface area contributed by atoms with Crippen LogP contribution in [0.5, 0.6) is 0 Å². The van der Waals surface area contributed by atoms with Gasteiger partial charge in [0.15, 0.2) is 5.78 Å². The summed E-state index contributed by atoms with van der Waals surface area (Å²) < 4.78 is 4.86. The van der Waals surface area contributed by atoms with Crippen molar-refractivity contribution >= 4 is 5.78 Å². The van der Waals surface area contributed by atoms with E-state index < -0.39 is 0 Å². The zero-order valence-electron chi connectivity index (χ0n) is 6.59. The van der Waals surface area contributed by atoms with Gasteiger partial charge in [0.05, 0.1) is 0 Å². The lowest BCUT2D eigenvalue weighted by Crippen LogP contribution is -2.08. The number of ether oxygens (including phenoxy) is 1. The SMILES string of the molecule is C=CC(=O)CC(C)COC. The molecule has 0 spiro atoms. The number of methoxy groups -OCH3 is 1. The summed E-state index contributed by atoms with van der Waals surface area (Å²) in [6, 6.07) is 0. The minimum absolute atomic E-state index is 0.0875. The smallest absolute Gasteiger partial charge is 0.155 e. The molecule has 10 heavy (non-hydrogen) atoms. The Morgan fingerprint density at radius 2 is 2.40 bits per heavy atom. The molecule has 0 bridgehead atoms. The van der Waals surface area contributed by atoms with Gasteiger partial charge in [-0.1, -0.05) is 13.5 Å². The van der Waals surface area contributed by atoms with E-state index in [1.807, 2.05) is 6.92 Å². The van der Waals surface area contributed by atoms with Gasteiger partial charge in [0, 0.05) is 20.1 Å². The van der Waals surface area contributed by atoms with E-state index in [-0.39, 0.29) is 5.78 Å². The van der Waals surface area contributed by atoms with E-state index in [1.165, 1.54) is 6.08 Å². The van der Waals surface area contributed by atoms with Crippen molar-refractivity contribution in [1.82, 2.24) is 0 Å². The van der Waals surface area contributed by atoms with Crippen molar-refractivity contribution in [1.29, 1.82) is 0 Å². The fourth-order valence-electron chi connectivity index (χ4n) is 0.770. The van der Waals surface area contributed by atoms with Crippen LogP contribution in [0.15, 0.2) is 12.7 Å². The van der Waals surface area contributed by atoms with Crippen LogP contribution in [0.3, 0.4) is 0 Å². The number of carbonyl (C=O) groups excluding carboxylic acids is 1. The molecule has 0 N–H and O–H groups in total. The summed E-state index contributed by atoms with van der Waals surface area (Å²) in [5, 5.41) is 0. The van der Waals surface area contributed by atoms with E-state index in [9.17, 15) is 4.79 Å². The zero-order chi connectivity index (χ0) is 7.98. The molecule has 58 valence electrons. The van der Waals surface area contributed by atoms with Crippen LogP contribution in [-0.4, -0.2) is 19.5 Å². The van der Waals surface area contributed by atoms with Crippen molar-refractivity contribution < 1.29 is 9.53 Å². The lowest BCUT2D eigenvalue weighted by molar-refractivity contribution is -0.115. The molecule has 1 unspecified atom stereocenters. The average Bonchev–Trinajstić information content (AvgIpc) is 1.88. The molecule has 0 aliphatic carbocycles. The minimum atomic E-state index is 0.0875. The fraction of sp³-hybridized carbons (Fsp3) is 0.625. The van der Waals surface area contributed by atoms with Gasteiger partial charge in [-0.3, -0.25) is 4.79 Å². The van der Waals surface area contributed by atoms with E-state index in [2.05, 4.69) is 6.58 Å². The van der Waals surface area contributed by atoms with Crippen LogP contribution < -0.4 is 0 Å². The quantitative estimate of drug-likeness (QED) is 0.542. The molecular formula is C8H14O2. The second-order valence-electron chi connectivity index (χ2n) is 2.44. The molecule has 0 aromatic heterocycles. The molecule has 0 saturated carbocycles. The predicted molar refractivity (Wildman–Crippen MR) is 40.9 cm³/mol. The highest BCUT2D eigenvalue weighted by atomic mass is 16.5. The highest BCUT2D eigenvalue weighted by Gasteiger charge is 2.04. The molecule has 0 heterocycles. The van der Waals surface area contributed by atoms with Gasteiger partial charge in [0.2, 0.25) is 0 Å². The molecule has 0 aromatic carbocycles. The molecular weight excluding hydrogens is 128 g/mol. The van der Waals surface area contributed by atoms with Gasteiger partial charge in [-0.2, -0.15) is 0 Å². The topological polar surface area (TPSA) is 26.3 Å². The van der Waals surface area contributed by atoms with Gasteiger partial charge in [-0.05, 0) is 12.0 Å². The number of hydrogen-bond acceptors (Lipinski definition) is 2. The Morgan fingerprint density at radius 3 is 2.80 bits per heavy atom. The van der Waals surface area contributed by atoms with E-state index in [1.54, 1.807) is 7.11 Å². The molecule has 0 amide bonds. The lowest BCUT2D eigenvalue weighted by Gasteiger charge is -2.05. The highest BCUT2D eigenvalue weighted by Crippen LogP contribution is 2.02. The van der Waals surface area contributed by atoms with Crippen molar-refractivity contribution in [3.05, 3.63) is 12.7 Å². The van der Waals surface area contributed by atoms with Crippen LogP contribution in [0.1, 0.15) is 13.3 Å². The normalized spacial score (nSPS) is 12.6. The van der Waals surface area contributed by atoms with Crippen molar-refractivity contribution in [3.63, 3.8) is 0 Å². The van der Waals surface area contributed by atoms with E-state index in [4.69, 9.17) is 4.74 Å². The number of carbonyl (C=O) groups is 1. The van der Waals surface area contributed by atoms with Crippen LogP contribution >= 0.6 is 0 Å². The average molecular weight is 142 g/mol. The number of ketones is 1. The predicted octanol–water partition coefficient (Wildman–Crippen LogP) is 1.41. The number of rotatable bonds is 5. The number of hydrogen-bond donors (Lipinski definition) is 0. The summed E-state index contributed by atoms with van der Waals surface area (Å²) in [5.74, 6) is 0.389. The van der Waals surface area contributed by atoms with E-state index >= 15 is 0 Å². The van der Waals surface area contributed by atoms with Gasteiger partial charge in [-0.25, -0.2) is 0 Å². The summed E-state index contributed by atoms with van der Waals surface area (Å²) in [4.78, 5) is 10.7. The Morgan fingerprint density at radius 1 is 1.80 bits per heavy atom. The number of allylic oxidation sites excluding steroid dienone is 1. The zero-order valence-corrected chi connectivity index (χ0v) is 6.59. The summed E-state index contributed by atoms with van der Waals surface area (Å²) in [5.41, 5.74) is 0. The Balaban J connectivity index is 3.46. The fourth-order valence-corrected chi connectivity index (χ4v) is 0.770. The van der Waals surface area contributed by atoms with E-state index in [0.717, 1.165) is 0 Å². The second-order valence-corrected chi connectivity index (χ2v) is 2.44. The van der Waals surface area contributed by atoms with Crippen LogP contribution in [0.4, 0.5) is 0 Å². The summed E-state index contributed by atoms with van der Waals surface area (Å²) in [6.45, 7) is 6.00. The standard InChI is InChI=1S/C8H14O2/c1-4-8(9)5-7(2)6-10-3/h4,7H,1,5-6H2,2-3H3. The second kappa shape index (κ2) is 5.18. The molecule has 0 rings (SSSR count). The first-order valence-electron chi connectivity index (χ1n) is 3.35. The van der Waals surface area contributed by atoms with Gasteiger partial charge in [0.1, 0.15) is 0 Å². The maximum Gasteiger partial charge on any atom is 0.155 e. The van der Waals surface area contributed by atoms with Gasteiger partial charge >= 0.3 is 0 Å². The molecule has 0 saturated heterocycles. The van der Waals surface area contributed by atoms with Crippen LogP contribution in [0.2, 0.25) is 0 Å². The Bertz CT molecular complexity index is 118. The summed E-state index contributed by atoms with van der Waals surface area (Å²) >= 11 is 0. The largest absolute Gasteiger partial charge is 0.384 e. The van der Waals surface area contributed by atoms with Crippen molar-refractivity contribution in [2.75, 3.05) is 13.7 Å². The van der Waals surface area contributed by atoms with Gasteiger partial charge < -0.3 is 4.74 Å². The molecule has 1 atom stereocenters. The van der Waals surface area contributed by atoms with Crippen LogP contribution in [0.25, 0.3) is 0 Å². The molecule has 2 heteroatoms. The monoisotopic (exact) mass is 142 g/mol. The third-order valence-corrected chi connectivity index (χ3v) is 1.23. The maximum atomic E-state index is 10.7. The first-order valence-corrected chi connectivity index (χ1v) is 3.35. The highest BCUT2D eigenvalue weighted by molar-refractivity contribution is 5.89. The van der Waals surface area contributed by atoms with Gasteiger partial charge in [0.25, 0.3) is 0 Å². The molecule has 0 radical (unpaired) electrons. The third kappa shape index (κ3) is 4.27. The molecule has 0 aliphatic heterocycles. The Hall–Kier alpha value is -0.630. The van der Waals surface area contributed by atoms with E-state index in [0.29, 0.717) is 18.9 Å². The summed E-state index contributed by atoms with van der Waals surface area (Å²) in [7, 11) is 1.63. The first-order chi connectivity index (χ1) is 4.70. The Kier molecular flexibility index (Phi) is 4.85. The molecule has 0 aliphatic rings.